The summed E-state index contributed by atoms with van der Waals surface area (Å²) in [5.74, 6) is 1.41. The van der Waals surface area contributed by atoms with Crippen LogP contribution in [0.1, 0.15) is 26.3 Å². The molecule has 6 aromatic rings. The molecule has 2 nitrogen and oxygen atoms in total. The number of fused-ring (bicyclic) bond motifs is 2. The summed E-state index contributed by atoms with van der Waals surface area (Å²) < 4.78 is 13.5. The van der Waals surface area contributed by atoms with Crippen LogP contribution in [0.25, 0.3) is 32.7 Å². The summed E-state index contributed by atoms with van der Waals surface area (Å²) in [7, 11) is -1.65. The Balaban J connectivity index is 1.69. The predicted molar refractivity (Wildman–Crippen MR) is 175 cm³/mol. The first-order valence-electron chi connectivity index (χ1n) is 14.0. The van der Waals surface area contributed by atoms with Gasteiger partial charge in [-0.05, 0) is 54.5 Å². The highest BCUT2D eigenvalue weighted by Gasteiger charge is 2.29. The Labute approximate surface area is 244 Å². The molecule has 6 aromatic carbocycles. The molecule has 0 aliphatic carbocycles. The Bertz CT molecular complexity index is 1800. The Morgan fingerprint density at radius 3 is 1.73 bits per heavy atom. The molecule has 0 N–H and O–H groups in total. The number of rotatable bonds is 7. The monoisotopic (exact) mass is 549 g/mol. The van der Waals surface area contributed by atoms with Crippen LogP contribution in [0.3, 0.4) is 0 Å². The Hall–Kier alpha value is -4.60. The third kappa shape index (κ3) is 5.17. The largest absolute Gasteiger partial charge is 0.530 e. The zero-order valence-electron chi connectivity index (χ0n) is 23.7. The van der Waals surface area contributed by atoms with Gasteiger partial charge in [-0.25, -0.2) is 0 Å². The number of hydrogen-bond acceptors (Lipinski definition) is 2. The number of benzene rings is 6. The highest BCUT2D eigenvalue weighted by atomic mass is 28.3. The maximum atomic E-state index is 7.11. The first-order chi connectivity index (χ1) is 20.0. The second-order valence-electron chi connectivity index (χ2n) is 11.2. The molecular formula is C38H33O2Si. The van der Waals surface area contributed by atoms with Gasteiger partial charge in [-0.2, -0.15) is 0 Å². The second-order valence-corrected chi connectivity index (χ2v) is 13.2. The molecule has 0 fully saturated rings. The average Bonchev–Trinajstić information content (AvgIpc) is 3.00. The molecule has 0 amide bonds. The van der Waals surface area contributed by atoms with Crippen molar-refractivity contribution >= 4 is 41.0 Å². The summed E-state index contributed by atoms with van der Waals surface area (Å²) in [4.78, 5) is 0. The van der Waals surface area contributed by atoms with E-state index >= 15 is 0 Å². The van der Waals surface area contributed by atoms with Crippen LogP contribution in [0.2, 0.25) is 0 Å². The van der Waals surface area contributed by atoms with E-state index in [1.165, 1.54) is 38.5 Å². The minimum atomic E-state index is -1.65. The first-order valence-corrected chi connectivity index (χ1v) is 15.4. The predicted octanol–water partition coefficient (Wildman–Crippen LogP) is 8.66. The van der Waals surface area contributed by atoms with E-state index < -0.39 is 9.04 Å². The molecule has 0 saturated heterocycles. The van der Waals surface area contributed by atoms with E-state index in [1.54, 1.807) is 0 Å². The molecule has 0 aromatic heterocycles. The van der Waals surface area contributed by atoms with Gasteiger partial charge in [0.05, 0.1) is 6.26 Å². The van der Waals surface area contributed by atoms with Crippen LogP contribution in [-0.2, 0) is 5.41 Å². The van der Waals surface area contributed by atoms with E-state index in [-0.39, 0.29) is 5.41 Å². The van der Waals surface area contributed by atoms with E-state index in [0.717, 1.165) is 16.3 Å². The molecule has 6 rings (SSSR count). The number of hydrogen-bond donors (Lipinski definition) is 0. The summed E-state index contributed by atoms with van der Waals surface area (Å²) >= 11 is 0. The molecular weight excluding hydrogens is 517 g/mol. The van der Waals surface area contributed by atoms with Gasteiger partial charge in [-0.15, -0.1) is 0 Å². The van der Waals surface area contributed by atoms with Crippen molar-refractivity contribution < 1.29 is 9.16 Å². The van der Waals surface area contributed by atoms with Crippen LogP contribution in [0, 0.1) is 0 Å². The van der Waals surface area contributed by atoms with Crippen molar-refractivity contribution in [2.45, 2.75) is 26.2 Å². The van der Waals surface area contributed by atoms with Crippen LogP contribution in [0.4, 0.5) is 0 Å². The minimum absolute atomic E-state index is 0.105. The zero-order valence-corrected chi connectivity index (χ0v) is 24.7. The minimum Gasteiger partial charge on any atom is -0.530 e. The topological polar surface area (TPSA) is 18.5 Å². The van der Waals surface area contributed by atoms with E-state index in [2.05, 4.69) is 143 Å². The van der Waals surface area contributed by atoms with Gasteiger partial charge in [0.1, 0.15) is 5.75 Å². The molecule has 0 aliphatic rings. The van der Waals surface area contributed by atoms with Gasteiger partial charge in [0.15, 0.2) is 5.75 Å². The highest BCUT2D eigenvalue weighted by molar-refractivity contribution is 6.80. The van der Waals surface area contributed by atoms with E-state index in [9.17, 15) is 0 Å². The SMILES string of the molecule is C=COc1c(O[Si](c2ccccc2)c2ccccc2)cc2ccccc2c1-c1c(C(C)(C)C)ccc2ccccc12. The molecule has 0 spiro atoms. The fourth-order valence-electron chi connectivity index (χ4n) is 5.57. The third-order valence-corrected chi connectivity index (χ3v) is 9.58. The van der Waals surface area contributed by atoms with Crippen molar-refractivity contribution in [1.29, 1.82) is 0 Å². The van der Waals surface area contributed by atoms with Crippen LogP contribution in [0.15, 0.2) is 140 Å². The molecule has 0 atom stereocenters. The standard InChI is InChI=1S/C38H33O2Si/c1-5-39-37-34(40-41(29-18-8-6-9-19-29)30-20-10-7-11-21-30)26-28-17-13-15-23-32(28)36(37)35-31-22-14-12-16-27(31)24-25-33(35)38(2,3)4/h5-26H,1H2,2-4H3. The van der Waals surface area contributed by atoms with Gasteiger partial charge in [0.25, 0.3) is 0 Å². The maximum Gasteiger partial charge on any atom is 0.352 e. The fraction of sp³-hybridized carbons (Fsp3) is 0.105. The quantitative estimate of drug-likeness (QED) is 0.147. The lowest BCUT2D eigenvalue weighted by molar-refractivity contribution is 0.454. The van der Waals surface area contributed by atoms with Gasteiger partial charge in [0, 0.05) is 5.56 Å². The van der Waals surface area contributed by atoms with Gasteiger partial charge >= 0.3 is 9.04 Å². The first kappa shape index (κ1) is 26.6. The Morgan fingerprint density at radius 2 is 1.15 bits per heavy atom. The zero-order chi connectivity index (χ0) is 28.4. The van der Waals surface area contributed by atoms with Crippen LogP contribution in [0.5, 0.6) is 11.5 Å². The molecule has 1 radical (unpaired) electrons. The van der Waals surface area contributed by atoms with E-state index in [4.69, 9.17) is 9.16 Å². The van der Waals surface area contributed by atoms with E-state index in [0.29, 0.717) is 11.5 Å². The van der Waals surface area contributed by atoms with Crippen molar-refractivity contribution in [3.63, 3.8) is 0 Å². The third-order valence-electron chi connectivity index (χ3n) is 7.44. The summed E-state index contributed by atoms with van der Waals surface area (Å²) in [6, 6.07) is 44.7. The van der Waals surface area contributed by atoms with Crippen LogP contribution >= 0.6 is 0 Å². The molecule has 0 heterocycles. The van der Waals surface area contributed by atoms with Crippen molar-refractivity contribution in [3.8, 4) is 22.6 Å². The molecule has 41 heavy (non-hydrogen) atoms. The lowest BCUT2D eigenvalue weighted by Crippen LogP contribution is -2.47. The van der Waals surface area contributed by atoms with Gasteiger partial charge < -0.3 is 9.16 Å². The van der Waals surface area contributed by atoms with Gasteiger partial charge in [0.2, 0.25) is 0 Å². The van der Waals surface area contributed by atoms with E-state index in [1.807, 2.05) is 12.1 Å². The normalized spacial score (nSPS) is 11.6. The van der Waals surface area contributed by atoms with Crippen molar-refractivity contribution in [3.05, 3.63) is 146 Å². The summed E-state index contributed by atoms with van der Waals surface area (Å²) in [6.07, 6.45) is 1.51. The van der Waals surface area contributed by atoms with Crippen LogP contribution < -0.4 is 19.5 Å². The molecule has 0 bridgehead atoms. The fourth-order valence-corrected chi connectivity index (χ4v) is 7.50. The molecule has 3 heteroatoms. The number of ether oxygens (including phenoxy) is 1. The smallest absolute Gasteiger partial charge is 0.352 e. The lowest BCUT2D eigenvalue weighted by atomic mass is 9.78. The Morgan fingerprint density at radius 1 is 0.610 bits per heavy atom. The summed E-state index contributed by atoms with van der Waals surface area (Å²) in [5.41, 5.74) is 3.35. The lowest BCUT2D eigenvalue weighted by Gasteiger charge is -2.28. The molecule has 0 unspecified atom stereocenters. The second kappa shape index (κ2) is 11.1. The average molecular weight is 550 g/mol. The van der Waals surface area contributed by atoms with Crippen molar-refractivity contribution in [2.24, 2.45) is 0 Å². The molecule has 0 aliphatic heterocycles. The van der Waals surface area contributed by atoms with Crippen LogP contribution in [-0.4, -0.2) is 9.04 Å². The van der Waals surface area contributed by atoms with Crippen molar-refractivity contribution in [1.82, 2.24) is 0 Å². The summed E-state index contributed by atoms with van der Waals surface area (Å²) in [6.45, 7) is 10.8. The van der Waals surface area contributed by atoms with Crippen molar-refractivity contribution in [2.75, 3.05) is 0 Å². The maximum absolute atomic E-state index is 7.11. The van der Waals surface area contributed by atoms with Gasteiger partial charge in [-0.3, -0.25) is 0 Å². The highest BCUT2D eigenvalue weighted by Crippen LogP contribution is 2.49. The van der Waals surface area contributed by atoms with Gasteiger partial charge in [-0.1, -0.05) is 149 Å². The molecule has 201 valence electrons. The summed E-state index contributed by atoms with van der Waals surface area (Å²) in [5, 5.41) is 6.93. The molecule has 0 saturated carbocycles. The Kier molecular flexibility index (Phi) is 7.21.